The maximum absolute atomic E-state index is 10.9. The van der Waals surface area contributed by atoms with Crippen LogP contribution in [0.2, 0.25) is 0 Å². The minimum Gasteiger partial charge on any atom is -0.494 e. The van der Waals surface area contributed by atoms with Gasteiger partial charge < -0.3 is 15.2 Å². The summed E-state index contributed by atoms with van der Waals surface area (Å²) in [6.07, 6.45) is 0. The van der Waals surface area contributed by atoms with Crippen molar-refractivity contribution in [3.8, 4) is 17.4 Å². The molecule has 0 aliphatic rings. The Morgan fingerprint density at radius 3 is 2.45 bits per heavy atom. The lowest BCUT2D eigenvalue weighted by Crippen LogP contribution is -1.99. The summed E-state index contributed by atoms with van der Waals surface area (Å²) in [5.41, 5.74) is 5.27. The molecule has 0 aliphatic heterocycles. The fraction of sp³-hybridized carbons (Fsp3) is 0.154. The molecule has 0 radical (unpaired) electrons. The van der Waals surface area contributed by atoms with Crippen molar-refractivity contribution in [3.05, 3.63) is 46.5 Å². The van der Waals surface area contributed by atoms with Crippen molar-refractivity contribution in [2.45, 2.75) is 6.92 Å². The Kier molecular flexibility index (Phi) is 3.99. The number of nitrogen functional groups attached to an aromatic ring is 1. The summed E-state index contributed by atoms with van der Waals surface area (Å²) in [7, 11) is 0. The van der Waals surface area contributed by atoms with Crippen LogP contribution in [0.15, 0.2) is 36.4 Å². The van der Waals surface area contributed by atoms with Crippen molar-refractivity contribution in [1.29, 1.82) is 0 Å². The van der Waals surface area contributed by atoms with E-state index in [1.807, 2.05) is 6.92 Å². The monoisotopic (exact) mass is 275 g/mol. The summed E-state index contributed by atoms with van der Waals surface area (Å²) < 4.78 is 10.7. The van der Waals surface area contributed by atoms with Gasteiger partial charge in [-0.25, -0.2) is 0 Å². The summed E-state index contributed by atoms with van der Waals surface area (Å²) in [6, 6.07) is 9.29. The molecule has 7 heteroatoms. The van der Waals surface area contributed by atoms with Gasteiger partial charge in [-0.2, -0.15) is 4.98 Å². The average Bonchev–Trinajstić information content (AvgIpc) is 2.41. The molecule has 0 amide bonds. The highest BCUT2D eigenvalue weighted by Crippen LogP contribution is 2.30. The maximum atomic E-state index is 10.9. The molecule has 0 saturated heterocycles. The van der Waals surface area contributed by atoms with E-state index in [0.717, 1.165) is 0 Å². The van der Waals surface area contributed by atoms with Gasteiger partial charge in [-0.1, -0.05) is 0 Å². The molecule has 20 heavy (non-hydrogen) atoms. The van der Waals surface area contributed by atoms with E-state index < -0.39 is 4.92 Å². The predicted molar refractivity (Wildman–Crippen MR) is 73.0 cm³/mol. The van der Waals surface area contributed by atoms with Gasteiger partial charge in [0.15, 0.2) is 0 Å². The predicted octanol–water partition coefficient (Wildman–Crippen LogP) is 2.76. The number of aromatic nitrogens is 1. The third kappa shape index (κ3) is 3.14. The van der Waals surface area contributed by atoms with Crippen molar-refractivity contribution < 1.29 is 14.4 Å². The van der Waals surface area contributed by atoms with Crippen LogP contribution in [0, 0.1) is 10.1 Å². The van der Waals surface area contributed by atoms with E-state index in [4.69, 9.17) is 15.2 Å². The van der Waals surface area contributed by atoms with Crippen molar-refractivity contribution in [2.75, 3.05) is 12.3 Å². The van der Waals surface area contributed by atoms with Gasteiger partial charge in [0.05, 0.1) is 11.5 Å². The first-order valence-electron chi connectivity index (χ1n) is 5.91. The first kappa shape index (κ1) is 13.6. The molecule has 1 heterocycles. The number of anilines is 1. The molecule has 2 rings (SSSR count). The molecule has 0 unspecified atom stereocenters. The number of hydrogen-bond donors (Lipinski definition) is 1. The molecule has 1 aromatic heterocycles. The number of nitrogens with two attached hydrogens (primary N) is 1. The van der Waals surface area contributed by atoms with Crippen molar-refractivity contribution in [2.24, 2.45) is 0 Å². The average molecular weight is 275 g/mol. The minimum atomic E-state index is -0.573. The highest BCUT2D eigenvalue weighted by Gasteiger charge is 2.17. The molecule has 0 spiro atoms. The van der Waals surface area contributed by atoms with Gasteiger partial charge in [0.2, 0.25) is 0 Å². The molecule has 0 aliphatic carbocycles. The van der Waals surface area contributed by atoms with Gasteiger partial charge in [0.25, 0.3) is 0 Å². The summed E-state index contributed by atoms with van der Waals surface area (Å²) >= 11 is 0. The zero-order valence-corrected chi connectivity index (χ0v) is 10.8. The molecule has 0 bridgehead atoms. The van der Waals surface area contributed by atoms with Gasteiger partial charge in [0.1, 0.15) is 17.3 Å². The molecule has 0 saturated carbocycles. The molecule has 0 fully saturated rings. The number of pyridine rings is 1. The summed E-state index contributed by atoms with van der Waals surface area (Å²) in [4.78, 5) is 14.1. The highest BCUT2D eigenvalue weighted by atomic mass is 16.6. The summed E-state index contributed by atoms with van der Waals surface area (Å²) in [6.45, 7) is 2.44. The molecular formula is C13H13N3O4. The van der Waals surface area contributed by atoms with E-state index >= 15 is 0 Å². The second kappa shape index (κ2) is 5.87. The van der Waals surface area contributed by atoms with Gasteiger partial charge in [0, 0.05) is 6.07 Å². The number of benzene rings is 1. The molecule has 104 valence electrons. The SMILES string of the molecule is CCOc1ccc(Oc2nc(N)ccc2[N+](=O)[O-])cc1. The van der Waals surface area contributed by atoms with E-state index in [0.29, 0.717) is 18.1 Å². The Hall–Kier alpha value is -2.83. The zero-order chi connectivity index (χ0) is 14.5. The van der Waals surface area contributed by atoms with Crippen LogP contribution < -0.4 is 15.2 Å². The Morgan fingerprint density at radius 1 is 1.20 bits per heavy atom. The summed E-state index contributed by atoms with van der Waals surface area (Å²) in [5.74, 6) is 1.11. The molecule has 0 atom stereocenters. The quantitative estimate of drug-likeness (QED) is 0.665. The number of hydrogen-bond acceptors (Lipinski definition) is 6. The third-order valence-corrected chi connectivity index (χ3v) is 2.41. The molecular weight excluding hydrogens is 262 g/mol. The lowest BCUT2D eigenvalue weighted by molar-refractivity contribution is -0.386. The smallest absolute Gasteiger partial charge is 0.331 e. The normalized spacial score (nSPS) is 10.1. The van der Waals surface area contributed by atoms with E-state index in [9.17, 15) is 10.1 Å². The van der Waals surface area contributed by atoms with Crippen LogP contribution in [0.25, 0.3) is 0 Å². The third-order valence-electron chi connectivity index (χ3n) is 2.41. The molecule has 2 N–H and O–H groups in total. The number of rotatable bonds is 5. The Balaban J connectivity index is 2.25. The number of nitrogens with zero attached hydrogens (tertiary/aromatic N) is 2. The first-order chi connectivity index (χ1) is 9.60. The standard InChI is InChI=1S/C13H13N3O4/c1-2-19-9-3-5-10(6-4-9)20-13-11(16(17)18)7-8-12(14)15-13/h3-8H,2H2,1H3,(H2,14,15). The fourth-order valence-electron chi connectivity index (χ4n) is 1.54. The Labute approximate surface area is 115 Å². The summed E-state index contributed by atoms with van der Waals surface area (Å²) in [5, 5.41) is 10.9. The van der Waals surface area contributed by atoms with Crippen LogP contribution in [-0.4, -0.2) is 16.5 Å². The van der Waals surface area contributed by atoms with Crippen molar-refractivity contribution in [1.82, 2.24) is 4.98 Å². The second-order valence-electron chi connectivity index (χ2n) is 3.82. The highest BCUT2D eigenvalue weighted by molar-refractivity contribution is 5.48. The minimum absolute atomic E-state index is 0.140. The van der Waals surface area contributed by atoms with E-state index in [2.05, 4.69) is 4.98 Å². The Morgan fingerprint density at radius 2 is 1.85 bits per heavy atom. The molecule has 2 aromatic rings. The van der Waals surface area contributed by atoms with E-state index in [1.165, 1.54) is 12.1 Å². The lowest BCUT2D eigenvalue weighted by Gasteiger charge is -2.07. The topological polar surface area (TPSA) is 101 Å². The second-order valence-corrected chi connectivity index (χ2v) is 3.82. The number of nitro groups is 1. The van der Waals surface area contributed by atoms with Gasteiger partial charge >= 0.3 is 11.6 Å². The Bertz CT molecular complexity index is 614. The van der Waals surface area contributed by atoms with Crippen LogP contribution in [0.1, 0.15) is 6.92 Å². The van der Waals surface area contributed by atoms with Gasteiger partial charge in [-0.05, 0) is 37.3 Å². The molecule has 7 nitrogen and oxygen atoms in total. The van der Waals surface area contributed by atoms with Gasteiger partial charge in [-0.15, -0.1) is 0 Å². The lowest BCUT2D eigenvalue weighted by atomic mass is 10.3. The molecule has 1 aromatic carbocycles. The van der Waals surface area contributed by atoms with Gasteiger partial charge in [-0.3, -0.25) is 10.1 Å². The van der Waals surface area contributed by atoms with Crippen LogP contribution in [0.3, 0.4) is 0 Å². The van der Waals surface area contributed by atoms with Crippen LogP contribution in [0.4, 0.5) is 11.5 Å². The van der Waals surface area contributed by atoms with Crippen LogP contribution >= 0.6 is 0 Å². The van der Waals surface area contributed by atoms with E-state index in [-0.39, 0.29) is 17.4 Å². The van der Waals surface area contributed by atoms with Crippen LogP contribution in [-0.2, 0) is 0 Å². The fourth-order valence-corrected chi connectivity index (χ4v) is 1.54. The zero-order valence-electron chi connectivity index (χ0n) is 10.8. The van der Waals surface area contributed by atoms with Crippen molar-refractivity contribution >= 4 is 11.5 Å². The van der Waals surface area contributed by atoms with Crippen LogP contribution in [0.5, 0.6) is 17.4 Å². The van der Waals surface area contributed by atoms with Crippen molar-refractivity contribution in [3.63, 3.8) is 0 Å². The first-order valence-corrected chi connectivity index (χ1v) is 5.91. The maximum Gasteiger partial charge on any atom is 0.331 e. The van der Waals surface area contributed by atoms with E-state index in [1.54, 1.807) is 24.3 Å². The number of ether oxygens (including phenoxy) is 2. The largest absolute Gasteiger partial charge is 0.494 e.